The number of urea groups is 1. The lowest BCUT2D eigenvalue weighted by Crippen LogP contribution is -2.76. The number of carbonyl (C=O) groups excluding carboxylic acids is 1. The Labute approximate surface area is 182 Å². The van der Waals surface area contributed by atoms with Crippen LogP contribution in [-0.4, -0.2) is 88.3 Å². The standard InChI is InChI=1S/C21H30N6O3S/c28-19(25-10-21(11-25)12-26(13-21)31(29,30)7-15-1-2-15)24-8-20(9-24)5-17(6-20)27-14-22-18(23-27)16-3-4-16/h14-17H,1-13H2. The van der Waals surface area contributed by atoms with Gasteiger partial charge in [-0.05, 0) is 44.4 Å². The third-order valence-corrected chi connectivity index (χ3v) is 10.3. The lowest BCUT2D eigenvalue weighted by Gasteiger charge is -2.63. The second-order valence-electron chi connectivity index (χ2n) is 11.4. The van der Waals surface area contributed by atoms with Crippen molar-refractivity contribution >= 4 is 16.1 Å². The first-order valence-corrected chi connectivity index (χ1v) is 13.4. The fourth-order valence-electron chi connectivity index (χ4n) is 6.16. The van der Waals surface area contributed by atoms with E-state index in [2.05, 4.69) is 10.1 Å². The normalized spacial score (nSPS) is 29.4. The Morgan fingerprint density at radius 3 is 2.23 bits per heavy atom. The van der Waals surface area contributed by atoms with Gasteiger partial charge in [0.25, 0.3) is 0 Å². The van der Waals surface area contributed by atoms with E-state index in [4.69, 9.17) is 0 Å². The molecule has 4 heterocycles. The monoisotopic (exact) mass is 446 g/mol. The van der Waals surface area contributed by atoms with Crippen LogP contribution in [0.15, 0.2) is 6.33 Å². The number of sulfonamides is 1. The highest BCUT2D eigenvalue weighted by Crippen LogP contribution is 2.54. The molecule has 3 aliphatic carbocycles. The molecular formula is C21H30N6O3S. The van der Waals surface area contributed by atoms with Gasteiger partial charge in [-0.25, -0.2) is 27.2 Å². The van der Waals surface area contributed by atoms with Crippen LogP contribution in [0.5, 0.6) is 0 Å². The Bertz CT molecular complexity index is 1020. The molecule has 2 spiro atoms. The smallest absolute Gasteiger partial charge is 0.320 e. The van der Waals surface area contributed by atoms with Crippen molar-refractivity contribution < 1.29 is 13.2 Å². The van der Waals surface area contributed by atoms with Crippen LogP contribution >= 0.6 is 0 Å². The van der Waals surface area contributed by atoms with Crippen molar-refractivity contribution in [1.29, 1.82) is 0 Å². The van der Waals surface area contributed by atoms with Crippen molar-refractivity contribution in [2.45, 2.75) is 50.5 Å². The predicted octanol–water partition coefficient (Wildman–Crippen LogP) is 1.27. The van der Waals surface area contributed by atoms with Gasteiger partial charge in [-0.15, -0.1) is 0 Å². The molecule has 0 N–H and O–H groups in total. The van der Waals surface area contributed by atoms with E-state index >= 15 is 0 Å². The zero-order valence-electron chi connectivity index (χ0n) is 17.8. The number of rotatable bonds is 5. The van der Waals surface area contributed by atoms with E-state index in [1.807, 2.05) is 20.8 Å². The number of likely N-dealkylation sites (tertiary alicyclic amines) is 2. The number of hydrogen-bond acceptors (Lipinski definition) is 5. The van der Waals surface area contributed by atoms with E-state index in [1.165, 1.54) is 12.8 Å². The summed E-state index contributed by atoms with van der Waals surface area (Å²) >= 11 is 0. The molecule has 0 radical (unpaired) electrons. The molecule has 168 valence electrons. The van der Waals surface area contributed by atoms with Gasteiger partial charge < -0.3 is 9.80 Å². The summed E-state index contributed by atoms with van der Waals surface area (Å²) in [6, 6.07) is 0.568. The fraction of sp³-hybridized carbons (Fsp3) is 0.857. The van der Waals surface area contributed by atoms with Crippen molar-refractivity contribution in [2.24, 2.45) is 16.7 Å². The van der Waals surface area contributed by atoms with Crippen LogP contribution in [-0.2, 0) is 10.0 Å². The van der Waals surface area contributed by atoms with E-state index in [0.717, 1.165) is 44.6 Å². The molecule has 31 heavy (non-hydrogen) atoms. The van der Waals surface area contributed by atoms with Gasteiger partial charge in [0.1, 0.15) is 6.33 Å². The van der Waals surface area contributed by atoms with Gasteiger partial charge in [0.2, 0.25) is 10.0 Å². The summed E-state index contributed by atoms with van der Waals surface area (Å²) < 4.78 is 28.4. The van der Waals surface area contributed by atoms with Crippen LogP contribution in [0.3, 0.4) is 0 Å². The maximum absolute atomic E-state index is 12.8. The Balaban J connectivity index is 0.869. The minimum Gasteiger partial charge on any atom is -0.323 e. The maximum atomic E-state index is 12.8. The summed E-state index contributed by atoms with van der Waals surface area (Å²) in [4.78, 5) is 21.2. The summed E-state index contributed by atoms with van der Waals surface area (Å²) in [5, 5.41) is 4.67. The zero-order valence-corrected chi connectivity index (χ0v) is 18.6. The third kappa shape index (κ3) is 3.04. The van der Waals surface area contributed by atoms with Gasteiger partial charge >= 0.3 is 6.03 Å². The first-order valence-electron chi connectivity index (χ1n) is 11.7. The molecule has 6 aliphatic rings. The van der Waals surface area contributed by atoms with Crippen molar-refractivity contribution in [1.82, 2.24) is 28.9 Å². The van der Waals surface area contributed by atoms with Crippen LogP contribution in [0.25, 0.3) is 0 Å². The summed E-state index contributed by atoms with van der Waals surface area (Å²) in [6.07, 6.45) is 8.62. The minimum absolute atomic E-state index is 0.0166. The van der Waals surface area contributed by atoms with E-state index in [1.54, 1.807) is 4.31 Å². The lowest BCUT2D eigenvalue weighted by molar-refractivity contribution is -0.101. The van der Waals surface area contributed by atoms with E-state index < -0.39 is 10.0 Å². The number of aromatic nitrogens is 3. The second kappa shape index (κ2) is 6.01. The zero-order chi connectivity index (χ0) is 21.0. The molecular weight excluding hydrogens is 416 g/mol. The van der Waals surface area contributed by atoms with Gasteiger partial charge in [0.05, 0.1) is 11.8 Å². The highest BCUT2D eigenvalue weighted by atomic mass is 32.2. The average molecular weight is 447 g/mol. The molecule has 6 fully saturated rings. The quantitative estimate of drug-likeness (QED) is 0.679. The predicted molar refractivity (Wildman–Crippen MR) is 112 cm³/mol. The number of hydrogen-bond donors (Lipinski definition) is 0. The summed E-state index contributed by atoms with van der Waals surface area (Å²) in [6.45, 7) is 4.29. The number of carbonyl (C=O) groups is 1. The molecule has 1 aromatic rings. The summed E-state index contributed by atoms with van der Waals surface area (Å²) in [5.41, 5.74) is 0.293. The van der Waals surface area contributed by atoms with Gasteiger partial charge in [-0.1, -0.05) is 0 Å². The van der Waals surface area contributed by atoms with Gasteiger partial charge in [-0.3, -0.25) is 0 Å². The van der Waals surface area contributed by atoms with E-state index in [0.29, 0.717) is 49.8 Å². The van der Waals surface area contributed by atoms with Gasteiger partial charge in [0, 0.05) is 56.0 Å². The Morgan fingerprint density at radius 2 is 1.61 bits per heavy atom. The lowest BCUT2D eigenvalue weighted by atomic mass is 9.60. The molecule has 3 saturated carbocycles. The molecule has 7 rings (SSSR count). The fourth-order valence-corrected chi connectivity index (χ4v) is 8.24. The molecule has 0 aromatic carbocycles. The molecule has 1 aromatic heterocycles. The maximum Gasteiger partial charge on any atom is 0.320 e. The largest absolute Gasteiger partial charge is 0.323 e. The first-order chi connectivity index (χ1) is 14.8. The Kier molecular flexibility index (Phi) is 3.65. The average Bonchev–Trinajstić information content (AvgIpc) is 3.50. The molecule has 10 heteroatoms. The molecule has 0 unspecified atom stereocenters. The van der Waals surface area contributed by atoms with Crippen LogP contribution in [0.2, 0.25) is 0 Å². The van der Waals surface area contributed by atoms with E-state index in [9.17, 15) is 13.2 Å². The van der Waals surface area contributed by atoms with Crippen molar-refractivity contribution in [3.8, 4) is 0 Å². The molecule has 9 nitrogen and oxygen atoms in total. The highest BCUT2D eigenvalue weighted by Gasteiger charge is 2.60. The minimum atomic E-state index is -3.09. The molecule has 3 saturated heterocycles. The third-order valence-electron chi connectivity index (χ3n) is 8.39. The Hall–Kier alpha value is -1.68. The van der Waals surface area contributed by atoms with Crippen LogP contribution in [0, 0.1) is 16.7 Å². The molecule has 0 atom stereocenters. The van der Waals surface area contributed by atoms with Gasteiger partial charge in [0.15, 0.2) is 5.82 Å². The molecule has 0 bridgehead atoms. The first kappa shape index (κ1) is 18.8. The molecule has 2 amide bonds. The van der Waals surface area contributed by atoms with Crippen LogP contribution < -0.4 is 0 Å². The second-order valence-corrected chi connectivity index (χ2v) is 13.4. The van der Waals surface area contributed by atoms with Crippen molar-refractivity contribution in [3.05, 3.63) is 12.2 Å². The van der Waals surface area contributed by atoms with Crippen molar-refractivity contribution in [2.75, 3.05) is 45.0 Å². The SMILES string of the molecule is O=C(N1CC2(CC(n3cnc(C4CC4)n3)C2)C1)N1CC2(C1)CN(S(=O)(=O)CC1CC1)C2. The Morgan fingerprint density at radius 1 is 0.968 bits per heavy atom. The molecule has 3 aliphatic heterocycles. The highest BCUT2D eigenvalue weighted by molar-refractivity contribution is 7.89. The summed E-state index contributed by atoms with van der Waals surface area (Å²) in [7, 11) is -3.09. The summed E-state index contributed by atoms with van der Waals surface area (Å²) in [5.74, 6) is 2.30. The number of amides is 2. The van der Waals surface area contributed by atoms with Crippen LogP contribution in [0.4, 0.5) is 4.79 Å². The van der Waals surface area contributed by atoms with Gasteiger partial charge in [-0.2, -0.15) is 5.10 Å². The number of nitrogens with zero attached hydrogens (tertiary/aromatic N) is 6. The van der Waals surface area contributed by atoms with E-state index in [-0.39, 0.29) is 16.9 Å². The van der Waals surface area contributed by atoms with Crippen molar-refractivity contribution in [3.63, 3.8) is 0 Å². The topological polar surface area (TPSA) is 91.6 Å². The van der Waals surface area contributed by atoms with Crippen LogP contribution in [0.1, 0.15) is 56.3 Å².